The Labute approximate surface area is 60.8 Å². The number of aliphatic hydroxyl groups excluding tert-OH is 1. The van der Waals surface area contributed by atoms with Crippen LogP contribution in [0.15, 0.2) is 0 Å². The Morgan fingerprint density at radius 3 is 1.80 bits per heavy atom. The first-order valence-electron chi connectivity index (χ1n) is 2.20. The molecule has 0 fully saturated rings. The van der Waals surface area contributed by atoms with E-state index >= 15 is 0 Å². The molecular weight excluding hydrogens is 163 g/mol. The van der Waals surface area contributed by atoms with Crippen LogP contribution in [0.25, 0.3) is 0 Å². The number of aliphatic hydroxyl groups is 1. The average molecular weight is 167 g/mol. The Kier molecular flexibility index (Phi) is 3.11. The van der Waals surface area contributed by atoms with Gasteiger partial charge in [-0.2, -0.15) is 0 Å². The predicted molar refractivity (Wildman–Crippen MR) is 25.7 cm³/mol. The first-order chi connectivity index (χ1) is 4.46. The highest BCUT2D eigenvalue weighted by Crippen LogP contribution is 1.99. The quantitative estimate of drug-likeness (QED) is 0.438. The smallest absolute Gasteiger partial charge is 0.115 e. The van der Waals surface area contributed by atoms with Crippen LogP contribution in [0.4, 0.5) is 0 Å². The maximum atomic E-state index is 9.75. The van der Waals surface area contributed by atoms with E-state index in [1.165, 1.54) is 0 Å². The molecule has 0 aromatic heterocycles. The van der Waals surface area contributed by atoms with Crippen LogP contribution >= 0.6 is 11.6 Å². The van der Waals surface area contributed by atoms with Crippen molar-refractivity contribution < 1.29 is 24.9 Å². The van der Waals surface area contributed by atoms with E-state index in [4.69, 9.17) is 16.7 Å². The molecule has 0 aromatic rings. The van der Waals surface area contributed by atoms with Crippen LogP contribution in [-0.2, 0) is 9.59 Å². The molecule has 0 saturated carbocycles. The lowest BCUT2D eigenvalue weighted by molar-refractivity contribution is -0.323. The Morgan fingerprint density at radius 1 is 1.30 bits per heavy atom. The fourth-order valence-electron chi connectivity index (χ4n) is 0.248. The van der Waals surface area contributed by atoms with Crippen molar-refractivity contribution in [3.63, 3.8) is 0 Å². The molecule has 5 nitrogen and oxygen atoms in total. The number of hydrogen-bond donors (Lipinski definition) is 1. The number of carbonyl (C=O) groups excluding carboxylic acids is 2. The maximum Gasteiger partial charge on any atom is 0.115 e. The average Bonchev–Trinajstić information content (AvgIpc) is 1.84. The number of carboxylic acids is 2. The van der Waals surface area contributed by atoms with Gasteiger partial charge in [0.2, 0.25) is 0 Å². The second-order valence-corrected chi connectivity index (χ2v) is 1.95. The van der Waals surface area contributed by atoms with Crippen molar-refractivity contribution in [3.8, 4) is 0 Å². The fraction of sp³-hybridized carbons (Fsp3) is 0.500. The van der Waals surface area contributed by atoms with Crippen molar-refractivity contribution >= 4 is 23.5 Å². The Morgan fingerprint density at radius 2 is 1.70 bits per heavy atom. The van der Waals surface area contributed by atoms with Crippen LogP contribution < -0.4 is 10.2 Å². The molecular formula is C4H3ClO5-2. The normalized spacial score (nSPS) is 15.8. The van der Waals surface area contributed by atoms with Gasteiger partial charge in [-0.25, -0.2) is 0 Å². The van der Waals surface area contributed by atoms with Crippen LogP contribution in [0.3, 0.4) is 0 Å². The van der Waals surface area contributed by atoms with E-state index in [1.54, 1.807) is 0 Å². The van der Waals surface area contributed by atoms with Gasteiger partial charge in [0.1, 0.15) is 11.5 Å². The molecule has 0 aliphatic rings. The van der Waals surface area contributed by atoms with E-state index in [-0.39, 0.29) is 0 Å². The van der Waals surface area contributed by atoms with E-state index in [9.17, 15) is 19.8 Å². The van der Waals surface area contributed by atoms with Crippen LogP contribution in [-0.4, -0.2) is 28.5 Å². The Balaban J connectivity index is 4.07. The van der Waals surface area contributed by atoms with E-state index in [0.717, 1.165) is 0 Å². The second kappa shape index (κ2) is 3.38. The number of aliphatic carboxylic acids is 2. The van der Waals surface area contributed by atoms with Crippen molar-refractivity contribution in [1.82, 2.24) is 0 Å². The molecule has 0 aliphatic carbocycles. The minimum atomic E-state index is -2.23. The van der Waals surface area contributed by atoms with Crippen molar-refractivity contribution in [3.05, 3.63) is 0 Å². The molecule has 0 spiro atoms. The lowest BCUT2D eigenvalue weighted by atomic mass is 10.2. The third-order valence-corrected chi connectivity index (χ3v) is 1.16. The van der Waals surface area contributed by atoms with Crippen molar-refractivity contribution in [1.29, 1.82) is 0 Å². The summed E-state index contributed by atoms with van der Waals surface area (Å²) in [5.41, 5.74) is 0. The lowest BCUT2D eigenvalue weighted by Gasteiger charge is -2.17. The van der Waals surface area contributed by atoms with Gasteiger partial charge in [0, 0.05) is 0 Å². The molecule has 0 aromatic carbocycles. The molecule has 0 radical (unpaired) electrons. The van der Waals surface area contributed by atoms with Gasteiger partial charge in [-0.1, -0.05) is 0 Å². The van der Waals surface area contributed by atoms with Gasteiger partial charge in [-0.05, 0) is 0 Å². The van der Waals surface area contributed by atoms with E-state index in [2.05, 4.69) is 0 Å². The maximum absolute atomic E-state index is 9.75. The summed E-state index contributed by atoms with van der Waals surface area (Å²) in [6, 6.07) is 0. The highest BCUT2D eigenvalue weighted by Gasteiger charge is 2.17. The van der Waals surface area contributed by atoms with Crippen molar-refractivity contribution in [2.75, 3.05) is 0 Å². The lowest BCUT2D eigenvalue weighted by Crippen LogP contribution is -2.48. The summed E-state index contributed by atoms with van der Waals surface area (Å²) < 4.78 is 0. The van der Waals surface area contributed by atoms with Gasteiger partial charge in [0.25, 0.3) is 0 Å². The third kappa shape index (κ3) is 2.20. The Bertz CT molecular complexity index is 138. The largest absolute Gasteiger partial charge is 0.548 e. The first-order valence-corrected chi connectivity index (χ1v) is 2.64. The zero-order chi connectivity index (χ0) is 8.31. The number of hydrogen-bond acceptors (Lipinski definition) is 5. The molecule has 0 aliphatic heterocycles. The molecule has 0 unspecified atom stereocenters. The van der Waals surface area contributed by atoms with Gasteiger partial charge < -0.3 is 24.9 Å². The van der Waals surface area contributed by atoms with E-state index < -0.39 is 23.4 Å². The predicted octanol–water partition coefficient (Wildman–Crippen LogP) is -3.55. The summed E-state index contributed by atoms with van der Waals surface area (Å²) in [6.45, 7) is 0. The van der Waals surface area contributed by atoms with Crippen LogP contribution in [0, 0.1) is 0 Å². The number of carboxylic acid groups (broad SMARTS) is 2. The minimum absolute atomic E-state index is 1.85. The molecule has 0 saturated heterocycles. The summed E-state index contributed by atoms with van der Waals surface area (Å²) >= 11 is 4.83. The second-order valence-electron chi connectivity index (χ2n) is 1.48. The first kappa shape index (κ1) is 9.19. The van der Waals surface area contributed by atoms with Crippen LogP contribution in [0.1, 0.15) is 0 Å². The zero-order valence-corrected chi connectivity index (χ0v) is 5.37. The van der Waals surface area contributed by atoms with Gasteiger partial charge in [0.15, 0.2) is 0 Å². The topological polar surface area (TPSA) is 100 Å². The molecule has 0 amide bonds. The standard InChI is InChI=1S/C4H5ClO5/c5-1(3(7)8)2(6)4(9)10/h1-2,6H,(H,7,8)(H,9,10)/p-2/t1-,2-/m0/s1. The van der Waals surface area contributed by atoms with E-state index in [0.29, 0.717) is 0 Å². The van der Waals surface area contributed by atoms with Gasteiger partial charge in [0.05, 0.1) is 11.9 Å². The summed E-state index contributed by atoms with van der Waals surface area (Å²) in [4.78, 5) is 19.5. The van der Waals surface area contributed by atoms with Crippen LogP contribution in [0.2, 0.25) is 0 Å². The molecule has 10 heavy (non-hydrogen) atoms. The van der Waals surface area contributed by atoms with E-state index in [1.807, 2.05) is 0 Å². The summed E-state index contributed by atoms with van der Waals surface area (Å²) in [5, 5.41) is 25.8. The monoisotopic (exact) mass is 166 g/mol. The van der Waals surface area contributed by atoms with Gasteiger partial charge in [-0.3, -0.25) is 0 Å². The summed E-state index contributed by atoms with van der Waals surface area (Å²) in [6.07, 6.45) is -2.23. The number of carbonyl (C=O) groups is 2. The van der Waals surface area contributed by atoms with Crippen molar-refractivity contribution in [2.24, 2.45) is 0 Å². The molecule has 6 heteroatoms. The number of alkyl halides is 1. The van der Waals surface area contributed by atoms with Crippen molar-refractivity contribution in [2.45, 2.75) is 11.5 Å². The Hall–Kier alpha value is -0.810. The molecule has 0 bridgehead atoms. The molecule has 2 atom stereocenters. The third-order valence-electron chi connectivity index (χ3n) is 0.744. The molecule has 0 heterocycles. The van der Waals surface area contributed by atoms with Gasteiger partial charge in [-0.15, -0.1) is 11.6 Å². The summed E-state index contributed by atoms with van der Waals surface area (Å²) in [7, 11) is 0. The van der Waals surface area contributed by atoms with Gasteiger partial charge >= 0.3 is 0 Å². The molecule has 0 rings (SSSR count). The van der Waals surface area contributed by atoms with Crippen LogP contribution in [0.5, 0.6) is 0 Å². The minimum Gasteiger partial charge on any atom is -0.548 e. The SMILES string of the molecule is O=C([O-])[C@@H](O)[C@H](Cl)C(=O)[O-]. The highest BCUT2D eigenvalue weighted by atomic mass is 35.5. The highest BCUT2D eigenvalue weighted by molar-refractivity contribution is 6.31. The number of rotatable bonds is 3. The molecule has 58 valence electrons. The molecule has 1 N–H and O–H groups in total. The fourth-order valence-corrected chi connectivity index (χ4v) is 0.351. The zero-order valence-electron chi connectivity index (χ0n) is 4.61. The number of halogens is 1. The summed E-state index contributed by atoms with van der Waals surface area (Å²) in [5.74, 6) is -3.79.